The summed E-state index contributed by atoms with van der Waals surface area (Å²) < 4.78 is 0. The lowest BCUT2D eigenvalue weighted by Crippen LogP contribution is -2.87. The van der Waals surface area contributed by atoms with Gasteiger partial charge in [-0.3, -0.25) is 14.5 Å². The zero-order chi connectivity index (χ0) is 20.6. The van der Waals surface area contributed by atoms with Crippen molar-refractivity contribution >= 4 is 34.0 Å². The minimum atomic E-state index is -0.943. The Morgan fingerprint density at radius 3 is 2.55 bits per heavy atom. The fraction of sp³-hybridized carbons (Fsp3) is 0.250. The van der Waals surface area contributed by atoms with Crippen LogP contribution in [0.15, 0.2) is 66.7 Å². The van der Waals surface area contributed by atoms with Crippen LogP contribution < -0.4 is 15.5 Å². The van der Waals surface area contributed by atoms with Gasteiger partial charge in [-0.25, -0.2) is 0 Å². The van der Waals surface area contributed by atoms with E-state index in [1.165, 1.54) is 16.3 Å². The van der Waals surface area contributed by atoms with E-state index >= 15 is 0 Å². The molecule has 4 rings (SSSR count). The van der Waals surface area contributed by atoms with Crippen LogP contribution in [0.4, 0.5) is 11.4 Å². The van der Waals surface area contributed by atoms with Crippen LogP contribution in [0.1, 0.15) is 32.4 Å². The molecule has 148 valence electrons. The quantitative estimate of drug-likeness (QED) is 0.721. The summed E-state index contributed by atoms with van der Waals surface area (Å²) in [6, 6.07) is 22.1. The number of nitrogens with zero attached hydrogens (tertiary/aromatic N) is 1. The highest BCUT2D eigenvalue weighted by Crippen LogP contribution is 2.36. The number of fused-ring (bicyclic) bond motifs is 2. The lowest BCUT2D eigenvalue weighted by atomic mass is 9.96. The second-order valence-electron chi connectivity index (χ2n) is 8.06. The highest BCUT2D eigenvalue weighted by atomic mass is 16.2. The molecule has 0 fully saturated rings. The van der Waals surface area contributed by atoms with Crippen LogP contribution in [-0.4, -0.2) is 23.9 Å². The van der Waals surface area contributed by atoms with E-state index in [1.54, 1.807) is 18.7 Å². The summed E-state index contributed by atoms with van der Waals surface area (Å²) in [5, 5.41) is 7.34. The molecule has 0 spiro atoms. The van der Waals surface area contributed by atoms with Gasteiger partial charge in [0.25, 0.3) is 5.91 Å². The summed E-state index contributed by atoms with van der Waals surface area (Å²) in [4.78, 5) is 27.5. The van der Waals surface area contributed by atoms with Crippen molar-refractivity contribution in [2.45, 2.75) is 32.4 Å². The molecular formula is C24H26N3O2+. The molecule has 0 aromatic heterocycles. The van der Waals surface area contributed by atoms with Gasteiger partial charge in [0.1, 0.15) is 11.6 Å². The van der Waals surface area contributed by atoms with E-state index < -0.39 is 5.54 Å². The van der Waals surface area contributed by atoms with Crippen molar-refractivity contribution in [3.63, 3.8) is 0 Å². The summed E-state index contributed by atoms with van der Waals surface area (Å²) in [6.45, 7) is 5.93. The van der Waals surface area contributed by atoms with Gasteiger partial charge in [-0.05, 0) is 43.7 Å². The normalized spacial score (nSPS) is 16.2. The summed E-state index contributed by atoms with van der Waals surface area (Å²) in [6.07, 6.45) is 0. The minimum absolute atomic E-state index is 0.0793. The Bertz CT molecular complexity index is 1080. The van der Waals surface area contributed by atoms with Crippen LogP contribution >= 0.6 is 0 Å². The van der Waals surface area contributed by atoms with Gasteiger partial charge in [0.2, 0.25) is 5.91 Å². The van der Waals surface area contributed by atoms with Gasteiger partial charge in [0.05, 0.1) is 11.4 Å². The first-order chi connectivity index (χ1) is 13.9. The molecule has 2 amide bonds. The summed E-state index contributed by atoms with van der Waals surface area (Å²) in [7, 11) is 0. The third-order valence-electron chi connectivity index (χ3n) is 5.72. The van der Waals surface area contributed by atoms with E-state index in [-0.39, 0.29) is 24.4 Å². The number of hydrogen-bond acceptors (Lipinski definition) is 2. The third kappa shape index (κ3) is 3.38. The average molecular weight is 388 g/mol. The van der Waals surface area contributed by atoms with E-state index in [2.05, 4.69) is 42.6 Å². The topological polar surface area (TPSA) is 66.0 Å². The number of rotatable bonds is 4. The van der Waals surface area contributed by atoms with Crippen molar-refractivity contribution in [2.24, 2.45) is 0 Å². The van der Waals surface area contributed by atoms with Gasteiger partial charge in [-0.2, -0.15) is 0 Å². The Kier molecular flexibility index (Phi) is 4.84. The first-order valence-electron chi connectivity index (χ1n) is 9.94. The maximum absolute atomic E-state index is 13.2. The maximum Gasteiger partial charge on any atom is 0.283 e. The van der Waals surface area contributed by atoms with Gasteiger partial charge >= 0.3 is 0 Å². The number of carbonyl (C=O) groups excluding carboxylic acids is 2. The molecule has 3 N–H and O–H groups in total. The molecular weight excluding hydrogens is 362 g/mol. The van der Waals surface area contributed by atoms with E-state index in [0.717, 1.165) is 5.69 Å². The van der Waals surface area contributed by atoms with Gasteiger partial charge < -0.3 is 10.6 Å². The predicted octanol–water partition coefficient (Wildman–Crippen LogP) is 3.23. The molecule has 0 aliphatic carbocycles. The molecule has 3 aromatic carbocycles. The van der Waals surface area contributed by atoms with Crippen molar-refractivity contribution in [3.8, 4) is 0 Å². The zero-order valence-electron chi connectivity index (χ0n) is 17.0. The van der Waals surface area contributed by atoms with Crippen LogP contribution in [-0.2, 0) is 9.59 Å². The van der Waals surface area contributed by atoms with Crippen molar-refractivity contribution in [2.75, 3.05) is 16.8 Å². The zero-order valence-corrected chi connectivity index (χ0v) is 17.0. The Hall–Kier alpha value is -3.18. The van der Waals surface area contributed by atoms with Crippen molar-refractivity contribution in [1.82, 2.24) is 0 Å². The highest BCUT2D eigenvalue weighted by molar-refractivity contribution is 6.14. The lowest BCUT2D eigenvalue weighted by Gasteiger charge is -2.41. The SMILES string of the molecule is C[C@@H]([NH2+]CC(=O)N1c2ccccc2NC(=O)C1(C)C)c1cccc2ccccc12. The maximum atomic E-state index is 13.2. The van der Waals surface area contributed by atoms with Crippen molar-refractivity contribution < 1.29 is 14.9 Å². The Morgan fingerprint density at radius 2 is 1.72 bits per heavy atom. The molecule has 3 aromatic rings. The highest BCUT2D eigenvalue weighted by Gasteiger charge is 2.43. The van der Waals surface area contributed by atoms with Crippen LogP contribution in [0.3, 0.4) is 0 Å². The second-order valence-corrected chi connectivity index (χ2v) is 8.06. The van der Waals surface area contributed by atoms with E-state index in [4.69, 9.17) is 0 Å². The number of hydrogen-bond donors (Lipinski definition) is 2. The molecule has 5 nitrogen and oxygen atoms in total. The number of nitrogens with two attached hydrogens (primary N) is 1. The summed E-state index contributed by atoms with van der Waals surface area (Å²) >= 11 is 0. The summed E-state index contributed by atoms with van der Waals surface area (Å²) in [5.74, 6) is -0.254. The number of amides is 2. The lowest BCUT2D eigenvalue weighted by molar-refractivity contribution is -0.682. The minimum Gasteiger partial charge on any atom is -0.332 e. The molecule has 1 heterocycles. The Labute approximate surface area is 170 Å². The van der Waals surface area contributed by atoms with E-state index in [9.17, 15) is 9.59 Å². The molecule has 5 heteroatoms. The number of benzene rings is 3. The van der Waals surface area contributed by atoms with Crippen LogP contribution in [0.25, 0.3) is 10.8 Å². The van der Waals surface area contributed by atoms with Crippen LogP contribution in [0.5, 0.6) is 0 Å². The largest absolute Gasteiger partial charge is 0.332 e. The molecule has 1 aliphatic rings. The molecule has 0 bridgehead atoms. The molecule has 0 radical (unpaired) electrons. The molecule has 0 saturated heterocycles. The molecule has 1 aliphatic heterocycles. The number of anilines is 2. The summed E-state index contributed by atoms with van der Waals surface area (Å²) in [5.41, 5.74) is 1.68. The van der Waals surface area contributed by atoms with Gasteiger partial charge in [0, 0.05) is 5.56 Å². The monoisotopic (exact) mass is 388 g/mol. The number of para-hydroxylation sites is 2. The molecule has 29 heavy (non-hydrogen) atoms. The Morgan fingerprint density at radius 1 is 1.03 bits per heavy atom. The van der Waals surface area contributed by atoms with E-state index in [1.807, 2.05) is 41.7 Å². The smallest absolute Gasteiger partial charge is 0.283 e. The number of quaternary nitrogens is 1. The average Bonchev–Trinajstić information content (AvgIpc) is 2.72. The van der Waals surface area contributed by atoms with Crippen LogP contribution in [0, 0.1) is 0 Å². The second kappa shape index (κ2) is 7.33. The molecule has 0 unspecified atom stereocenters. The van der Waals surface area contributed by atoms with Crippen molar-refractivity contribution in [3.05, 3.63) is 72.3 Å². The molecule has 0 saturated carbocycles. The number of nitrogens with one attached hydrogen (secondary N) is 1. The fourth-order valence-electron chi connectivity index (χ4n) is 4.04. The van der Waals surface area contributed by atoms with Gasteiger partial charge in [-0.1, -0.05) is 54.6 Å². The first kappa shape index (κ1) is 19.2. The van der Waals surface area contributed by atoms with E-state index in [0.29, 0.717) is 5.69 Å². The molecule has 1 atom stereocenters. The standard InChI is InChI=1S/C24H25N3O2/c1-16(18-12-8-10-17-9-4-5-11-19(17)18)25-15-22(28)27-21-14-7-6-13-20(21)26-23(29)24(27,2)3/h4-14,16,25H,15H2,1-3H3,(H,26,29)/p+1/t16-/m1/s1. The van der Waals surface area contributed by atoms with Crippen molar-refractivity contribution in [1.29, 1.82) is 0 Å². The number of carbonyl (C=O) groups is 2. The fourth-order valence-corrected chi connectivity index (χ4v) is 4.04. The first-order valence-corrected chi connectivity index (χ1v) is 9.94. The van der Waals surface area contributed by atoms with Gasteiger partial charge in [-0.15, -0.1) is 0 Å². The van der Waals surface area contributed by atoms with Gasteiger partial charge in [0.15, 0.2) is 6.54 Å². The third-order valence-corrected chi connectivity index (χ3v) is 5.72. The van der Waals surface area contributed by atoms with Crippen LogP contribution in [0.2, 0.25) is 0 Å². The Balaban J connectivity index is 1.57. The predicted molar refractivity (Wildman–Crippen MR) is 116 cm³/mol.